The zero-order valence-corrected chi connectivity index (χ0v) is 17.5. The second-order valence-electron chi connectivity index (χ2n) is 6.79. The average Bonchev–Trinajstić information content (AvgIpc) is 2.64. The Balaban J connectivity index is 1.56. The van der Waals surface area contributed by atoms with E-state index in [0.29, 0.717) is 15.6 Å². The van der Waals surface area contributed by atoms with Gasteiger partial charge in [-0.3, -0.25) is 0 Å². The maximum absolute atomic E-state index is 12.3. The molecule has 0 unspecified atom stereocenters. The van der Waals surface area contributed by atoms with Crippen LogP contribution in [0.3, 0.4) is 0 Å². The van der Waals surface area contributed by atoms with Crippen LogP contribution < -0.4 is 9.62 Å². The van der Waals surface area contributed by atoms with Crippen LogP contribution >= 0.6 is 23.2 Å². The second-order valence-corrected chi connectivity index (χ2v) is 9.41. The fraction of sp³-hybridized carbons (Fsp3) is 0.368. The lowest BCUT2D eigenvalue weighted by Gasteiger charge is -2.34. The highest BCUT2D eigenvalue weighted by molar-refractivity contribution is 7.88. The highest BCUT2D eigenvalue weighted by atomic mass is 35.5. The molecule has 27 heavy (non-hydrogen) atoms. The molecule has 1 aliphatic rings. The van der Waals surface area contributed by atoms with E-state index >= 15 is 0 Å². The number of benzene rings is 2. The van der Waals surface area contributed by atoms with Gasteiger partial charge in [0.2, 0.25) is 10.0 Å². The van der Waals surface area contributed by atoms with Gasteiger partial charge in [0.1, 0.15) is 0 Å². The Hall–Kier alpha value is -1.31. The molecule has 0 bridgehead atoms. The molecule has 0 atom stereocenters. The van der Waals surface area contributed by atoms with Gasteiger partial charge in [0.05, 0.1) is 15.8 Å². The number of nitrogens with one attached hydrogen (secondary N) is 1. The van der Waals surface area contributed by atoms with Gasteiger partial charge in [-0.05, 0) is 42.4 Å². The first kappa shape index (κ1) is 20.4. The number of nitrogens with zero attached hydrogens (tertiary/aromatic N) is 2. The minimum Gasteiger partial charge on any atom is -0.369 e. The van der Waals surface area contributed by atoms with Crippen LogP contribution in [0.25, 0.3) is 0 Å². The molecule has 1 heterocycles. The monoisotopic (exact) mass is 427 g/mol. The van der Waals surface area contributed by atoms with Gasteiger partial charge in [0.15, 0.2) is 0 Å². The average molecular weight is 428 g/mol. The standard InChI is InChI=1S/C19H23Cl2N3O2S/c1-23-8-10-24(11-9-23)17-5-2-15(3-6-17)13-22-27(25,26)14-16-4-7-18(20)19(21)12-16/h2-7,12,22H,8-11,13-14H2,1H3. The topological polar surface area (TPSA) is 52.6 Å². The van der Waals surface area contributed by atoms with Gasteiger partial charge in [0, 0.05) is 38.4 Å². The van der Waals surface area contributed by atoms with Crippen molar-refractivity contribution in [1.29, 1.82) is 0 Å². The Bertz CT molecular complexity index is 880. The summed E-state index contributed by atoms with van der Waals surface area (Å²) in [6.45, 7) is 4.37. The van der Waals surface area contributed by atoms with Crippen molar-refractivity contribution in [2.24, 2.45) is 0 Å². The van der Waals surface area contributed by atoms with Gasteiger partial charge >= 0.3 is 0 Å². The van der Waals surface area contributed by atoms with Crippen molar-refractivity contribution in [3.63, 3.8) is 0 Å². The van der Waals surface area contributed by atoms with Gasteiger partial charge in [0.25, 0.3) is 0 Å². The van der Waals surface area contributed by atoms with E-state index in [1.807, 2.05) is 24.3 Å². The largest absolute Gasteiger partial charge is 0.369 e. The van der Waals surface area contributed by atoms with E-state index in [0.717, 1.165) is 31.7 Å². The minimum atomic E-state index is -3.47. The van der Waals surface area contributed by atoms with E-state index in [-0.39, 0.29) is 12.3 Å². The summed E-state index contributed by atoms with van der Waals surface area (Å²) in [6.07, 6.45) is 0. The molecule has 2 aromatic carbocycles. The summed E-state index contributed by atoms with van der Waals surface area (Å²) in [7, 11) is -1.34. The molecule has 2 aromatic rings. The van der Waals surface area contributed by atoms with Gasteiger partial charge < -0.3 is 9.80 Å². The van der Waals surface area contributed by atoms with Crippen LogP contribution in [0.15, 0.2) is 42.5 Å². The second kappa shape index (κ2) is 8.80. The quantitative estimate of drug-likeness (QED) is 0.767. The SMILES string of the molecule is CN1CCN(c2ccc(CNS(=O)(=O)Cc3ccc(Cl)c(Cl)c3)cc2)CC1. The molecule has 1 saturated heterocycles. The maximum atomic E-state index is 12.3. The normalized spacial score (nSPS) is 15.9. The molecule has 8 heteroatoms. The summed E-state index contributed by atoms with van der Waals surface area (Å²) in [5, 5.41) is 0.759. The van der Waals surface area contributed by atoms with Crippen molar-refractivity contribution < 1.29 is 8.42 Å². The van der Waals surface area contributed by atoms with Crippen LogP contribution in [0, 0.1) is 0 Å². The van der Waals surface area contributed by atoms with Gasteiger partial charge in [-0.15, -0.1) is 0 Å². The number of hydrogen-bond donors (Lipinski definition) is 1. The molecule has 1 N–H and O–H groups in total. The molecule has 146 valence electrons. The van der Waals surface area contributed by atoms with E-state index in [2.05, 4.69) is 21.6 Å². The third-order valence-electron chi connectivity index (χ3n) is 4.64. The van der Waals surface area contributed by atoms with Crippen molar-refractivity contribution in [2.75, 3.05) is 38.1 Å². The van der Waals surface area contributed by atoms with Crippen LogP contribution in [0.5, 0.6) is 0 Å². The van der Waals surface area contributed by atoms with Gasteiger partial charge in [-0.2, -0.15) is 0 Å². The first-order valence-corrected chi connectivity index (χ1v) is 11.2. The summed E-state index contributed by atoms with van der Waals surface area (Å²) < 4.78 is 27.3. The fourth-order valence-corrected chi connectivity index (χ4v) is 4.41. The molecule has 5 nitrogen and oxygen atoms in total. The summed E-state index contributed by atoms with van der Waals surface area (Å²) in [6, 6.07) is 12.9. The number of halogens is 2. The summed E-state index contributed by atoms with van der Waals surface area (Å²) in [5.41, 5.74) is 2.69. The lowest BCUT2D eigenvalue weighted by atomic mass is 10.2. The number of likely N-dealkylation sites (N-methyl/N-ethyl adjacent to an activating group) is 1. The van der Waals surface area contributed by atoms with Crippen molar-refractivity contribution in [3.8, 4) is 0 Å². The minimum absolute atomic E-state index is 0.136. The fourth-order valence-electron chi connectivity index (χ4n) is 2.98. The van der Waals surface area contributed by atoms with E-state index in [4.69, 9.17) is 23.2 Å². The van der Waals surface area contributed by atoms with Crippen molar-refractivity contribution in [3.05, 3.63) is 63.6 Å². The molecule has 0 aliphatic carbocycles. The molecular formula is C19H23Cl2N3O2S. The molecule has 1 fully saturated rings. The number of piperazine rings is 1. The molecule has 0 amide bonds. The van der Waals surface area contributed by atoms with Crippen molar-refractivity contribution >= 4 is 38.9 Å². The number of sulfonamides is 1. The predicted octanol–water partition coefficient (Wildman–Crippen LogP) is 3.36. The Morgan fingerprint density at radius 3 is 2.19 bits per heavy atom. The number of rotatable bonds is 6. The molecule has 0 saturated carbocycles. The summed E-state index contributed by atoms with van der Waals surface area (Å²) >= 11 is 11.8. The van der Waals surface area contributed by atoms with Crippen molar-refractivity contribution in [1.82, 2.24) is 9.62 Å². The predicted molar refractivity (Wildman–Crippen MR) is 112 cm³/mol. The molecule has 3 rings (SSSR count). The third-order valence-corrected chi connectivity index (χ3v) is 6.68. The van der Waals surface area contributed by atoms with Gasteiger partial charge in [-0.1, -0.05) is 41.4 Å². The molecule has 0 radical (unpaired) electrons. The van der Waals surface area contributed by atoms with E-state index in [1.165, 1.54) is 5.69 Å². The van der Waals surface area contributed by atoms with Gasteiger partial charge in [-0.25, -0.2) is 13.1 Å². The molecule has 0 spiro atoms. The Morgan fingerprint density at radius 1 is 0.926 bits per heavy atom. The zero-order chi connectivity index (χ0) is 19.4. The smallest absolute Gasteiger partial charge is 0.216 e. The summed E-state index contributed by atoms with van der Waals surface area (Å²) in [5.74, 6) is -0.136. The van der Waals surface area contributed by atoms with E-state index in [9.17, 15) is 8.42 Å². The lowest BCUT2D eigenvalue weighted by molar-refractivity contribution is 0.313. The Labute approximate surface area is 170 Å². The number of anilines is 1. The first-order valence-electron chi connectivity index (χ1n) is 8.76. The van der Waals surface area contributed by atoms with Crippen LogP contribution in [0.2, 0.25) is 10.0 Å². The lowest BCUT2D eigenvalue weighted by Crippen LogP contribution is -2.44. The number of hydrogen-bond acceptors (Lipinski definition) is 4. The summed E-state index contributed by atoms with van der Waals surface area (Å²) in [4.78, 5) is 4.66. The van der Waals surface area contributed by atoms with Crippen LogP contribution in [-0.2, 0) is 22.3 Å². The van der Waals surface area contributed by atoms with E-state index in [1.54, 1.807) is 18.2 Å². The highest BCUT2D eigenvalue weighted by Crippen LogP contribution is 2.23. The zero-order valence-electron chi connectivity index (χ0n) is 15.2. The van der Waals surface area contributed by atoms with E-state index < -0.39 is 10.0 Å². The third kappa shape index (κ3) is 5.83. The highest BCUT2D eigenvalue weighted by Gasteiger charge is 2.15. The Kier molecular flexibility index (Phi) is 6.65. The van der Waals surface area contributed by atoms with Crippen LogP contribution in [0.4, 0.5) is 5.69 Å². The van der Waals surface area contributed by atoms with Crippen LogP contribution in [0.1, 0.15) is 11.1 Å². The maximum Gasteiger partial charge on any atom is 0.216 e. The Morgan fingerprint density at radius 2 is 1.56 bits per heavy atom. The first-order chi connectivity index (χ1) is 12.8. The molecule has 0 aromatic heterocycles. The van der Waals surface area contributed by atoms with Crippen molar-refractivity contribution in [2.45, 2.75) is 12.3 Å². The van der Waals surface area contributed by atoms with Crippen LogP contribution in [-0.4, -0.2) is 46.5 Å². The molecular weight excluding hydrogens is 405 g/mol. The molecule has 1 aliphatic heterocycles.